The summed E-state index contributed by atoms with van der Waals surface area (Å²) in [6.45, 7) is 0. The van der Waals surface area contributed by atoms with Crippen molar-refractivity contribution in [3.05, 3.63) is 88.8 Å². The van der Waals surface area contributed by atoms with E-state index in [0.717, 1.165) is 27.7 Å². The SMILES string of the molecule is Cn1c(=O)n(C)c2cc(NC(=O)Cc3ccc(-c4ccccc4)cc3)ccc21. The van der Waals surface area contributed by atoms with Crippen molar-refractivity contribution in [3.8, 4) is 11.1 Å². The first kappa shape index (κ1) is 17.8. The second-order valence-electron chi connectivity index (χ2n) is 6.89. The number of hydrogen-bond donors (Lipinski definition) is 1. The first-order valence-corrected chi connectivity index (χ1v) is 9.12. The van der Waals surface area contributed by atoms with Gasteiger partial charge in [0.1, 0.15) is 0 Å². The lowest BCUT2D eigenvalue weighted by atomic mass is 10.0. The molecule has 0 spiro atoms. The van der Waals surface area contributed by atoms with Gasteiger partial charge >= 0.3 is 5.69 Å². The zero-order valence-electron chi connectivity index (χ0n) is 15.8. The average Bonchev–Trinajstić information content (AvgIpc) is 2.93. The van der Waals surface area contributed by atoms with Gasteiger partial charge in [0.05, 0.1) is 17.5 Å². The Hall–Kier alpha value is -3.60. The Bertz CT molecular complexity index is 1200. The van der Waals surface area contributed by atoms with Crippen molar-refractivity contribution in [1.82, 2.24) is 9.13 Å². The molecule has 4 aromatic rings. The van der Waals surface area contributed by atoms with Gasteiger partial charge in [-0.1, -0.05) is 54.6 Å². The highest BCUT2D eigenvalue weighted by Crippen LogP contribution is 2.20. The molecule has 0 aliphatic carbocycles. The number of carbonyl (C=O) groups is 1. The number of aromatic nitrogens is 2. The minimum Gasteiger partial charge on any atom is -0.326 e. The van der Waals surface area contributed by atoms with E-state index in [1.165, 1.54) is 0 Å². The summed E-state index contributed by atoms with van der Waals surface area (Å²) in [6, 6.07) is 23.7. The Kier molecular flexibility index (Phi) is 4.57. The van der Waals surface area contributed by atoms with Crippen LogP contribution < -0.4 is 11.0 Å². The molecule has 1 heterocycles. The summed E-state index contributed by atoms with van der Waals surface area (Å²) in [4.78, 5) is 24.5. The fourth-order valence-electron chi connectivity index (χ4n) is 3.42. The lowest BCUT2D eigenvalue weighted by Crippen LogP contribution is -2.19. The van der Waals surface area contributed by atoms with Crippen molar-refractivity contribution in [2.45, 2.75) is 6.42 Å². The van der Waals surface area contributed by atoms with Crippen LogP contribution in [0.15, 0.2) is 77.6 Å². The Morgan fingerprint density at radius 3 is 2.18 bits per heavy atom. The highest BCUT2D eigenvalue weighted by atomic mass is 16.2. The van der Waals surface area contributed by atoms with Crippen molar-refractivity contribution >= 4 is 22.6 Å². The monoisotopic (exact) mass is 371 g/mol. The van der Waals surface area contributed by atoms with E-state index < -0.39 is 0 Å². The van der Waals surface area contributed by atoms with E-state index in [0.29, 0.717) is 12.1 Å². The van der Waals surface area contributed by atoms with E-state index in [2.05, 4.69) is 17.4 Å². The van der Waals surface area contributed by atoms with Crippen molar-refractivity contribution in [3.63, 3.8) is 0 Å². The molecule has 5 nitrogen and oxygen atoms in total. The molecule has 1 N–H and O–H groups in total. The fourth-order valence-corrected chi connectivity index (χ4v) is 3.42. The maximum Gasteiger partial charge on any atom is 0.328 e. The van der Waals surface area contributed by atoms with Crippen molar-refractivity contribution in [2.75, 3.05) is 5.32 Å². The molecular weight excluding hydrogens is 350 g/mol. The molecule has 3 aromatic carbocycles. The van der Waals surface area contributed by atoms with Crippen LogP contribution in [0, 0.1) is 0 Å². The van der Waals surface area contributed by atoms with Crippen molar-refractivity contribution in [2.24, 2.45) is 14.1 Å². The Balaban J connectivity index is 1.48. The van der Waals surface area contributed by atoms with Gasteiger partial charge in [-0.25, -0.2) is 4.79 Å². The molecular formula is C23H21N3O2. The summed E-state index contributed by atoms with van der Waals surface area (Å²) in [5.74, 6) is -0.0901. The summed E-state index contributed by atoms with van der Waals surface area (Å²) in [5.41, 5.74) is 5.45. The Labute approximate surface area is 162 Å². The molecule has 0 saturated heterocycles. The van der Waals surface area contributed by atoms with E-state index in [4.69, 9.17) is 0 Å². The van der Waals surface area contributed by atoms with Crippen LogP contribution in [0.3, 0.4) is 0 Å². The van der Waals surface area contributed by atoms with Crippen LogP contribution in [-0.2, 0) is 25.3 Å². The normalized spacial score (nSPS) is 10.9. The topological polar surface area (TPSA) is 56.0 Å². The van der Waals surface area contributed by atoms with Gasteiger partial charge in [0.15, 0.2) is 0 Å². The summed E-state index contributed by atoms with van der Waals surface area (Å²) in [7, 11) is 3.46. The summed E-state index contributed by atoms with van der Waals surface area (Å²) < 4.78 is 3.17. The standard InChI is InChI=1S/C23H21N3O2/c1-25-20-13-12-19(15-21(20)26(2)23(25)28)24-22(27)14-16-8-10-18(11-9-16)17-6-4-3-5-7-17/h3-13,15H,14H2,1-2H3,(H,24,27). The minimum absolute atomic E-state index is 0.0861. The number of anilines is 1. The lowest BCUT2D eigenvalue weighted by molar-refractivity contribution is -0.115. The molecule has 0 radical (unpaired) electrons. The van der Waals surface area contributed by atoms with Crippen LogP contribution in [0.25, 0.3) is 22.2 Å². The van der Waals surface area contributed by atoms with E-state index in [1.54, 1.807) is 23.2 Å². The average molecular weight is 371 g/mol. The first-order chi connectivity index (χ1) is 13.5. The number of fused-ring (bicyclic) bond motifs is 1. The van der Waals surface area contributed by atoms with Gasteiger partial charge < -0.3 is 5.32 Å². The molecule has 0 unspecified atom stereocenters. The number of imidazole rings is 1. The minimum atomic E-state index is -0.0901. The Morgan fingerprint density at radius 1 is 0.821 bits per heavy atom. The molecule has 1 amide bonds. The number of aryl methyl sites for hydroxylation is 2. The van der Waals surface area contributed by atoms with E-state index in [1.807, 2.05) is 60.7 Å². The largest absolute Gasteiger partial charge is 0.328 e. The predicted octanol–water partition coefficient (Wildman–Crippen LogP) is 3.73. The quantitative estimate of drug-likeness (QED) is 0.594. The van der Waals surface area contributed by atoms with Crippen LogP contribution in [0.1, 0.15) is 5.56 Å². The molecule has 28 heavy (non-hydrogen) atoms. The maximum absolute atomic E-state index is 12.4. The van der Waals surface area contributed by atoms with Crippen molar-refractivity contribution in [1.29, 1.82) is 0 Å². The van der Waals surface area contributed by atoms with Crippen LogP contribution >= 0.6 is 0 Å². The molecule has 0 saturated carbocycles. The third-order valence-corrected chi connectivity index (χ3v) is 4.98. The fraction of sp³-hybridized carbons (Fsp3) is 0.130. The van der Waals surface area contributed by atoms with Crippen LogP contribution in [0.4, 0.5) is 5.69 Å². The number of hydrogen-bond acceptors (Lipinski definition) is 2. The number of carbonyl (C=O) groups excluding carboxylic acids is 1. The molecule has 0 atom stereocenters. The van der Waals surface area contributed by atoms with Crippen LogP contribution in [-0.4, -0.2) is 15.0 Å². The van der Waals surface area contributed by atoms with Gasteiger partial charge in [-0.05, 0) is 34.9 Å². The van der Waals surface area contributed by atoms with Gasteiger partial charge in [0, 0.05) is 19.8 Å². The first-order valence-electron chi connectivity index (χ1n) is 9.12. The van der Waals surface area contributed by atoms with Gasteiger partial charge in [-0.2, -0.15) is 0 Å². The van der Waals surface area contributed by atoms with Crippen molar-refractivity contribution < 1.29 is 4.79 Å². The van der Waals surface area contributed by atoms with E-state index >= 15 is 0 Å². The van der Waals surface area contributed by atoms with E-state index in [-0.39, 0.29) is 11.6 Å². The molecule has 0 aliphatic rings. The zero-order valence-corrected chi connectivity index (χ0v) is 15.8. The summed E-state index contributed by atoms with van der Waals surface area (Å²) in [5, 5.41) is 2.92. The number of rotatable bonds is 4. The number of amides is 1. The second-order valence-corrected chi connectivity index (χ2v) is 6.89. The highest BCUT2D eigenvalue weighted by molar-refractivity contribution is 5.94. The van der Waals surface area contributed by atoms with Gasteiger partial charge in [0.2, 0.25) is 5.91 Å². The molecule has 0 aliphatic heterocycles. The van der Waals surface area contributed by atoms with Gasteiger partial charge in [-0.3, -0.25) is 13.9 Å². The predicted molar refractivity (Wildman–Crippen MR) is 112 cm³/mol. The Morgan fingerprint density at radius 2 is 1.46 bits per heavy atom. The molecule has 140 valence electrons. The second kappa shape index (κ2) is 7.19. The van der Waals surface area contributed by atoms with Crippen LogP contribution in [0.5, 0.6) is 0 Å². The van der Waals surface area contributed by atoms with Gasteiger partial charge in [-0.15, -0.1) is 0 Å². The third-order valence-electron chi connectivity index (χ3n) is 4.98. The number of nitrogens with one attached hydrogen (secondary N) is 1. The molecule has 5 heteroatoms. The molecule has 4 rings (SSSR count). The summed E-state index contributed by atoms with van der Waals surface area (Å²) in [6.07, 6.45) is 0.292. The highest BCUT2D eigenvalue weighted by Gasteiger charge is 2.10. The zero-order chi connectivity index (χ0) is 19.7. The number of benzene rings is 3. The molecule has 0 bridgehead atoms. The van der Waals surface area contributed by atoms with E-state index in [9.17, 15) is 9.59 Å². The lowest BCUT2D eigenvalue weighted by Gasteiger charge is -2.07. The third kappa shape index (κ3) is 3.34. The van der Waals surface area contributed by atoms with Crippen LogP contribution in [0.2, 0.25) is 0 Å². The molecule has 0 fully saturated rings. The number of nitrogens with zero attached hydrogens (tertiary/aromatic N) is 2. The smallest absolute Gasteiger partial charge is 0.326 e. The van der Waals surface area contributed by atoms with Gasteiger partial charge in [0.25, 0.3) is 0 Å². The molecule has 1 aromatic heterocycles. The summed E-state index contributed by atoms with van der Waals surface area (Å²) >= 11 is 0. The maximum atomic E-state index is 12.4.